The van der Waals surface area contributed by atoms with Crippen LogP contribution >= 0.6 is 15.9 Å². The van der Waals surface area contributed by atoms with Gasteiger partial charge < -0.3 is 33.8 Å². The molecule has 0 bridgehead atoms. The Morgan fingerprint density at radius 3 is 2.20 bits per heavy atom. The van der Waals surface area contributed by atoms with Crippen LogP contribution in [0.3, 0.4) is 0 Å². The van der Waals surface area contributed by atoms with Crippen LogP contribution in [0.25, 0.3) is 11.6 Å². The largest absolute Gasteiger partial charge is 0.491 e. The summed E-state index contributed by atoms with van der Waals surface area (Å²) in [7, 11) is 0. The second-order valence-corrected chi connectivity index (χ2v) is 13.9. The number of hydrogen-bond donors (Lipinski definition) is 2. The molecule has 1 fully saturated rings. The smallest absolute Gasteiger partial charge is 0.407 e. The van der Waals surface area contributed by atoms with Crippen molar-refractivity contribution >= 4 is 33.9 Å². The van der Waals surface area contributed by atoms with Gasteiger partial charge in [0, 0.05) is 34.7 Å². The lowest BCUT2D eigenvalue weighted by Gasteiger charge is -2.20. The molecule has 2 aromatic heterocycles. The highest BCUT2D eigenvalue weighted by atomic mass is 79.9. The maximum Gasteiger partial charge on any atom is 0.407 e. The van der Waals surface area contributed by atoms with Crippen LogP contribution in [0.15, 0.2) is 27.1 Å². The highest BCUT2D eigenvalue weighted by Crippen LogP contribution is 2.41. The fourth-order valence-electron chi connectivity index (χ4n) is 4.76. The number of rotatable bonds is 11. The van der Waals surface area contributed by atoms with Crippen molar-refractivity contribution in [2.45, 2.75) is 91.9 Å². The molecule has 0 spiro atoms. The summed E-state index contributed by atoms with van der Waals surface area (Å²) in [6, 6.07) is 5.19. The minimum absolute atomic E-state index is 0.119. The molecular formula is C32H42BrN5O7. The molecule has 12 nitrogen and oxygen atoms in total. The Morgan fingerprint density at radius 1 is 0.978 bits per heavy atom. The Bertz CT molecular complexity index is 1560. The molecule has 1 aliphatic rings. The maximum atomic E-state index is 14.3. The average molecular weight is 689 g/mol. The van der Waals surface area contributed by atoms with Gasteiger partial charge in [0.2, 0.25) is 5.89 Å². The number of hydrogen-bond acceptors (Lipinski definition) is 9. The monoisotopic (exact) mass is 687 g/mol. The molecule has 0 atom stereocenters. The van der Waals surface area contributed by atoms with Crippen LogP contribution < -0.4 is 15.4 Å². The number of aromatic nitrogens is 3. The number of ether oxygens (including phenoxy) is 3. The van der Waals surface area contributed by atoms with Crippen LogP contribution in [0, 0.1) is 13.8 Å². The van der Waals surface area contributed by atoms with E-state index < -0.39 is 23.4 Å². The van der Waals surface area contributed by atoms with E-state index in [1.807, 2.05) is 18.4 Å². The predicted octanol–water partition coefficient (Wildman–Crippen LogP) is 6.45. The number of carbonyl (C=O) groups is 3. The SMILES string of the molecule is Cc1c(C(=O)c2cc(Br)ccc2OCCNC(=O)OC(C)(C)C)c(C)n(CCNC(=O)OC(C)(C)C)c1-c1nnc(C2CC2)o1. The van der Waals surface area contributed by atoms with Gasteiger partial charge in [-0.2, -0.15) is 0 Å². The predicted molar refractivity (Wildman–Crippen MR) is 171 cm³/mol. The first kappa shape index (κ1) is 34.0. The lowest BCUT2D eigenvalue weighted by molar-refractivity contribution is 0.0511. The lowest BCUT2D eigenvalue weighted by atomic mass is 9.99. The minimum Gasteiger partial charge on any atom is -0.491 e. The van der Waals surface area contributed by atoms with E-state index in [1.54, 1.807) is 59.7 Å². The maximum absolute atomic E-state index is 14.3. The number of ketones is 1. The molecule has 0 radical (unpaired) electrons. The fraction of sp³-hybridized carbons (Fsp3) is 0.531. The summed E-state index contributed by atoms with van der Waals surface area (Å²) in [4.78, 5) is 38.6. The van der Waals surface area contributed by atoms with Crippen LogP contribution in [-0.2, 0) is 16.0 Å². The topological polar surface area (TPSA) is 147 Å². The van der Waals surface area contributed by atoms with Crippen molar-refractivity contribution in [3.05, 3.63) is 50.9 Å². The zero-order chi connectivity index (χ0) is 33.1. The number of nitrogens with one attached hydrogen (secondary N) is 2. The third-order valence-electron chi connectivity index (χ3n) is 6.78. The van der Waals surface area contributed by atoms with Crippen LogP contribution in [0.1, 0.15) is 93.4 Å². The summed E-state index contributed by atoms with van der Waals surface area (Å²) in [6.07, 6.45) is 0.921. The molecule has 1 aromatic carbocycles. The molecule has 244 valence electrons. The number of benzene rings is 1. The van der Waals surface area contributed by atoms with Crippen LogP contribution in [-0.4, -0.2) is 63.6 Å². The van der Waals surface area contributed by atoms with E-state index in [1.165, 1.54) is 0 Å². The van der Waals surface area contributed by atoms with Gasteiger partial charge in [-0.1, -0.05) is 15.9 Å². The van der Waals surface area contributed by atoms with Crippen molar-refractivity contribution in [1.82, 2.24) is 25.4 Å². The molecule has 1 aliphatic carbocycles. The van der Waals surface area contributed by atoms with Crippen molar-refractivity contribution in [2.75, 3.05) is 19.7 Å². The number of nitrogens with zero attached hydrogens (tertiary/aromatic N) is 3. The summed E-state index contributed by atoms with van der Waals surface area (Å²) in [5.41, 5.74) is 1.50. The summed E-state index contributed by atoms with van der Waals surface area (Å²) >= 11 is 3.48. The second-order valence-electron chi connectivity index (χ2n) is 13.0. The zero-order valence-corrected chi connectivity index (χ0v) is 28.7. The van der Waals surface area contributed by atoms with E-state index in [9.17, 15) is 14.4 Å². The molecule has 1 saturated carbocycles. The number of halogens is 1. The summed E-state index contributed by atoms with van der Waals surface area (Å²) in [5, 5.41) is 14.0. The zero-order valence-electron chi connectivity index (χ0n) is 27.1. The first-order chi connectivity index (χ1) is 21.0. The molecule has 0 saturated heterocycles. The van der Waals surface area contributed by atoms with Crippen molar-refractivity contribution in [3.63, 3.8) is 0 Å². The van der Waals surface area contributed by atoms with E-state index in [0.29, 0.717) is 56.6 Å². The van der Waals surface area contributed by atoms with Gasteiger partial charge in [0.25, 0.3) is 5.89 Å². The van der Waals surface area contributed by atoms with Crippen LogP contribution in [0.2, 0.25) is 0 Å². The first-order valence-corrected chi connectivity index (χ1v) is 15.8. The lowest BCUT2D eigenvalue weighted by Crippen LogP contribution is -2.34. The van der Waals surface area contributed by atoms with Gasteiger partial charge in [0.05, 0.1) is 12.1 Å². The molecule has 0 aliphatic heterocycles. The van der Waals surface area contributed by atoms with Gasteiger partial charge in [0.1, 0.15) is 29.3 Å². The Labute approximate surface area is 271 Å². The number of alkyl carbamates (subject to hydrolysis) is 2. The average Bonchev–Trinajstić information content (AvgIpc) is 3.60. The quantitative estimate of drug-likeness (QED) is 0.171. The Hall–Kier alpha value is -3.87. The fourth-order valence-corrected chi connectivity index (χ4v) is 5.12. The molecule has 0 unspecified atom stereocenters. The standard InChI is InChI=1S/C32H42BrN5O7/c1-18-24(26(39)22-17-21(33)11-12-23(22)42-16-14-35-30(41)45-32(6,7)8)19(2)38(15-13-34-29(40)44-31(3,4)5)25(18)28-37-36-27(43-28)20-9-10-20/h11-12,17,20H,9-10,13-16H2,1-8H3,(H,34,40)(H,35,41). The summed E-state index contributed by atoms with van der Waals surface area (Å²) in [6.45, 7) is 15.3. The van der Waals surface area contributed by atoms with E-state index in [0.717, 1.165) is 12.8 Å². The second kappa shape index (κ2) is 13.6. The molecule has 45 heavy (non-hydrogen) atoms. The van der Waals surface area contributed by atoms with Crippen LogP contribution in [0.4, 0.5) is 9.59 Å². The third-order valence-corrected chi connectivity index (χ3v) is 7.27. The normalized spacial score (nSPS) is 13.4. The molecule has 4 rings (SSSR count). The molecule has 2 amide bonds. The highest BCUT2D eigenvalue weighted by Gasteiger charge is 2.32. The van der Waals surface area contributed by atoms with Gasteiger partial charge in [-0.3, -0.25) is 4.79 Å². The van der Waals surface area contributed by atoms with Crippen molar-refractivity contribution < 1.29 is 33.0 Å². The van der Waals surface area contributed by atoms with E-state index in [4.69, 9.17) is 18.6 Å². The Balaban J connectivity index is 1.61. The van der Waals surface area contributed by atoms with Crippen molar-refractivity contribution in [1.29, 1.82) is 0 Å². The minimum atomic E-state index is -0.632. The van der Waals surface area contributed by atoms with E-state index in [2.05, 4.69) is 36.8 Å². The molecule has 2 heterocycles. The summed E-state index contributed by atoms with van der Waals surface area (Å²) < 4.78 is 25.3. The van der Waals surface area contributed by atoms with Gasteiger partial charge >= 0.3 is 12.2 Å². The number of carbonyl (C=O) groups excluding carboxylic acids is 3. The van der Waals surface area contributed by atoms with Crippen LogP contribution in [0.5, 0.6) is 5.75 Å². The molecule has 13 heteroatoms. The van der Waals surface area contributed by atoms with Crippen molar-refractivity contribution in [2.24, 2.45) is 0 Å². The van der Waals surface area contributed by atoms with E-state index in [-0.39, 0.29) is 31.4 Å². The highest BCUT2D eigenvalue weighted by molar-refractivity contribution is 9.10. The Kier molecular flexibility index (Phi) is 10.3. The Morgan fingerprint density at radius 2 is 1.60 bits per heavy atom. The van der Waals surface area contributed by atoms with Gasteiger partial charge in [-0.15, -0.1) is 10.2 Å². The third kappa shape index (κ3) is 9.09. The molecule has 2 N–H and O–H groups in total. The van der Waals surface area contributed by atoms with Gasteiger partial charge in [-0.05, 0) is 92.0 Å². The molecular weight excluding hydrogens is 646 g/mol. The van der Waals surface area contributed by atoms with E-state index >= 15 is 0 Å². The number of amides is 2. The first-order valence-electron chi connectivity index (χ1n) is 15.0. The summed E-state index contributed by atoms with van der Waals surface area (Å²) in [5.74, 6) is 1.26. The van der Waals surface area contributed by atoms with Gasteiger partial charge in [0.15, 0.2) is 5.78 Å². The van der Waals surface area contributed by atoms with Crippen molar-refractivity contribution in [3.8, 4) is 17.3 Å². The van der Waals surface area contributed by atoms with Gasteiger partial charge in [-0.25, -0.2) is 9.59 Å². The molecule has 3 aromatic rings.